The molecule has 0 radical (unpaired) electrons. The number of quaternary nitrogens is 1. The lowest BCUT2D eigenvalue weighted by atomic mass is 10.2. The zero-order chi connectivity index (χ0) is 18.1. The predicted molar refractivity (Wildman–Crippen MR) is 103 cm³/mol. The van der Waals surface area contributed by atoms with Crippen molar-refractivity contribution in [1.82, 2.24) is 14.3 Å². The minimum atomic E-state index is -0.199. The van der Waals surface area contributed by atoms with Gasteiger partial charge in [-0.1, -0.05) is 18.2 Å². The first kappa shape index (κ1) is 17.6. The Hall–Kier alpha value is -1.83. The first-order valence-corrected chi connectivity index (χ1v) is 10.2. The number of rotatable bonds is 7. The number of thiophene rings is 1. The highest BCUT2D eigenvalue weighted by molar-refractivity contribution is 7.71. The van der Waals surface area contributed by atoms with E-state index in [9.17, 15) is 4.39 Å². The molecule has 136 valence electrons. The summed E-state index contributed by atoms with van der Waals surface area (Å²) in [6, 6.07) is 11.4. The highest BCUT2D eigenvalue weighted by Crippen LogP contribution is 2.36. The second-order valence-corrected chi connectivity index (χ2v) is 8.37. The molecule has 4 nitrogen and oxygen atoms in total. The molecule has 1 unspecified atom stereocenters. The molecule has 2 heterocycles. The number of nitrogens with one attached hydrogen (secondary N) is 1. The monoisotopic (exact) mass is 389 g/mol. The fourth-order valence-corrected chi connectivity index (χ4v) is 4.28. The smallest absolute Gasteiger partial charge is 0.203 e. The van der Waals surface area contributed by atoms with Crippen molar-refractivity contribution in [3.8, 4) is 0 Å². The maximum atomic E-state index is 13.1. The van der Waals surface area contributed by atoms with E-state index < -0.39 is 0 Å². The zero-order valence-electron chi connectivity index (χ0n) is 14.7. The van der Waals surface area contributed by atoms with Crippen LogP contribution in [0.4, 0.5) is 4.39 Å². The molecule has 1 saturated carbocycles. The Kier molecular flexibility index (Phi) is 5.02. The van der Waals surface area contributed by atoms with Gasteiger partial charge in [-0.05, 0) is 48.6 Å². The molecule has 7 heteroatoms. The molecule has 0 amide bonds. The summed E-state index contributed by atoms with van der Waals surface area (Å²) < 4.78 is 18.1. The molecule has 1 aliphatic carbocycles. The molecule has 0 spiro atoms. The van der Waals surface area contributed by atoms with Crippen molar-refractivity contribution < 1.29 is 9.29 Å². The average Bonchev–Trinajstić information content (AvgIpc) is 3.22. The van der Waals surface area contributed by atoms with Crippen LogP contribution in [-0.2, 0) is 19.6 Å². The van der Waals surface area contributed by atoms with E-state index in [1.54, 1.807) is 11.3 Å². The maximum absolute atomic E-state index is 13.1. The van der Waals surface area contributed by atoms with Crippen molar-refractivity contribution in [2.45, 2.75) is 38.5 Å². The Bertz CT molecular complexity index is 924. The van der Waals surface area contributed by atoms with Crippen LogP contribution < -0.4 is 4.90 Å². The van der Waals surface area contributed by atoms with Crippen LogP contribution in [0.3, 0.4) is 0 Å². The first-order chi connectivity index (χ1) is 12.6. The van der Waals surface area contributed by atoms with Gasteiger partial charge < -0.3 is 9.47 Å². The second-order valence-electron chi connectivity index (χ2n) is 6.97. The Morgan fingerprint density at radius 1 is 1.27 bits per heavy atom. The summed E-state index contributed by atoms with van der Waals surface area (Å²) in [6.07, 6.45) is 3.22. The summed E-state index contributed by atoms with van der Waals surface area (Å²) in [4.78, 5) is 2.57. The summed E-state index contributed by atoms with van der Waals surface area (Å²) in [5, 5.41) is 6.94. The summed E-state index contributed by atoms with van der Waals surface area (Å²) in [5.41, 5.74) is 1.11. The Morgan fingerprint density at radius 3 is 2.69 bits per heavy atom. The van der Waals surface area contributed by atoms with Crippen LogP contribution in [0.25, 0.3) is 0 Å². The molecule has 0 bridgehead atoms. The quantitative estimate of drug-likeness (QED) is 0.628. The number of hydrogen-bond donors (Lipinski definition) is 1. The Labute approximate surface area is 161 Å². The molecule has 1 atom stereocenters. The van der Waals surface area contributed by atoms with E-state index >= 15 is 0 Å². The van der Waals surface area contributed by atoms with Gasteiger partial charge in [0.1, 0.15) is 18.2 Å². The van der Waals surface area contributed by atoms with Crippen LogP contribution in [0.15, 0.2) is 41.8 Å². The van der Waals surface area contributed by atoms with E-state index in [-0.39, 0.29) is 5.82 Å². The van der Waals surface area contributed by atoms with Crippen LogP contribution in [-0.4, -0.2) is 21.4 Å². The molecule has 1 N–H and O–H groups in total. The van der Waals surface area contributed by atoms with E-state index in [0.717, 1.165) is 29.1 Å². The zero-order valence-corrected chi connectivity index (χ0v) is 16.3. The molecule has 1 fully saturated rings. The lowest BCUT2D eigenvalue weighted by Gasteiger charge is -2.13. The van der Waals surface area contributed by atoms with Crippen molar-refractivity contribution in [3.63, 3.8) is 0 Å². The van der Waals surface area contributed by atoms with Crippen molar-refractivity contribution in [3.05, 3.63) is 68.6 Å². The van der Waals surface area contributed by atoms with E-state index in [1.807, 2.05) is 16.8 Å². The van der Waals surface area contributed by atoms with Crippen molar-refractivity contribution in [1.29, 1.82) is 0 Å². The molecular formula is C19H22FN4S2+. The van der Waals surface area contributed by atoms with Crippen LogP contribution in [0.1, 0.15) is 35.1 Å². The van der Waals surface area contributed by atoms with Gasteiger partial charge in [0.05, 0.1) is 7.05 Å². The summed E-state index contributed by atoms with van der Waals surface area (Å²) in [7, 11) is 2.11. The Morgan fingerprint density at radius 2 is 2.04 bits per heavy atom. The highest BCUT2D eigenvalue weighted by atomic mass is 32.1. The van der Waals surface area contributed by atoms with E-state index in [0.29, 0.717) is 12.7 Å². The highest BCUT2D eigenvalue weighted by Gasteiger charge is 2.29. The second kappa shape index (κ2) is 7.42. The third-order valence-electron chi connectivity index (χ3n) is 4.60. The molecule has 4 rings (SSSR count). The standard InChI is InChI=1S/C19H21FN4S2/c1-22(12-14-4-6-15(20)7-5-14)13-23-19(25)24(16-8-9-16)18(21-23)11-17-3-2-10-26-17/h2-7,10,16H,8-9,11-13H2,1H3/p+1. The average molecular weight is 390 g/mol. The minimum Gasteiger partial charge on any atom is -0.315 e. The first-order valence-electron chi connectivity index (χ1n) is 8.86. The lowest BCUT2D eigenvalue weighted by molar-refractivity contribution is -0.917. The number of aromatic nitrogens is 3. The van der Waals surface area contributed by atoms with Crippen LogP contribution in [0, 0.1) is 10.6 Å². The van der Waals surface area contributed by atoms with Gasteiger partial charge in [0, 0.05) is 22.9 Å². The van der Waals surface area contributed by atoms with Crippen molar-refractivity contribution in [2.24, 2.45) is 0 Å². The predicted octanol–water partition coefficient (Wildman–Crippen LogP) is 3.21. The topological polar surface area (TPSA) is 27.2 Å². The Balaban J connectivity index is 1.52. The van der Waals surface area contributed by atoms with E-state index in [1.165, 1.54) is 34.8 Å². The number of benzene rings is 1. The summed E-state index contributed by atoms with van der Waals surface area (Å²) in [6.45, 7) is 1.51. The normalized spacial score (nSPS) is 15.3. The van der Waals surface area contributed by atoms with Crippen LogP contribution >= 0.6 is 23.6 Å². The van der Waals surface area contributed by atoms with Crippen molar-refractivity contribution >= 4 is 23.6 Å². The fourth-order valence-electron chi connectivity index (χ4n) is 3.22. The summed E-state index contributed by atoms with van der Waals surface area (Å²) in [5.74, 6) is 0.865. The van der Waals surface area contributed by atoms with Crippen LogP contribution in [0.2, 0.25) is 0 Å². The molecular weight excluding hydrogens is 367 g/mol. The lowest BCUT2D eigenvalue weighted by Crippen LogP contribution is -3.07. The van der Waals surface area contributed by atoms with Gasteiger partial charge in [0.2, 0.25) is 4.77 Å². The molecule has 2 aromatic heterocycles. The minimum absolute atomic E-state index is 0.199. The van der Waals surface area contributed by atoms with Crippen LogP contribution in [0.5, 0.6) is 0 Å². The van der Waals surface area contributed by atoms with Gasteiger partial charge in [0.15, 0.2) is 6.67 Å². The molecule has 1 aliphatic rings. The third kappa shape index (κ3) is 3.95. The molecule has 1 aromatic carbocycles. The fraction of sp³-hybridized carbons (Fsp3) is 0.368. The third-order valence-corrected chi connectivity index (χ3v) is 5.89. The maximum Gasteiger partial charge on any atom is 0.203 e. The van der Waals surface area contributed by atoms with Gasteiger partial charge in [-0.2, -0.15) is 9.78 Å². The van der Waals surface area contributed by atoms with Crippen molar-refractivity contribution in [2.75, 3.05) is 7.05 Å². The number of hydrogen-bond acceptors (Lipinski definition) is 3. The molecule has 0 aliphatic heterocycles. The summed E-state index contributed by atoms with van der Waals surface area (Å²) >= 11 is 7.49. The van der Waals surface area contributed by atoms with Gasteiger partial charge in [-0.15, -0.1) is 11.3 Å². The largest absolute Gasteiger partial charge is 0.315 e. The molecule has 3 aromatic rings. The van der Waals surface area contributed by atoms with Gasteiger partial charge in [-0.3, -0.25) is 0 Å². The van der Waals surface area contributed by atoms with E-state index in [2.05, 4.69) is 29.1 Å². The van der Waals surface area contributed by atoms with E-state index in [4.69, 9.17) is 17.3 Å². The van der Waals surface area contributed by atoms with Gasteiger partial charge >= 0.3 is 0 Å². The SMILES string of the molecule is C[NH+](Cc1ccc(F)cc1)Cn1nc(Cc2cccs2)n(C2CC2)c1=S. The van der Waals surface area contributed by atoms with Gasteiger partial charge in [0.25, 0.3) is 0 Å². The number of nitrogens with zero attached hydrogens (tertiary/aromatic N) is 3. The molecule has 0 saturated heterocycles. The van der Waals surface area contributed by atoms with Gasteiger partial charge in [-0.25, -0.2) is 4.39 Å². The number of halogens is 1. The molecule has 26 heavy (non-hydrogen) atoms.